The molecule has 0 heterocycles. The molecule has 0 saturated heterocycles. The number of benzene rings is 1. The monoisotopic (exact) mass is 322 g/mol. The van der Waals surface area contributed by atoms with E-state index in [1.54, 1.807) is 0 Å². The third kappa shape index (κ3) is 3.46. The highest BCUT2D eigenvalue weighted by molar-refractivity contribution is 14.1. The molecule has 0 amide bonds. The van der Waals surface area contributed by atoms with Crippen LogP contribution in [0.2, 0.25) is 5.02 Å². The second-order valence-corrected chi connectivity index (χ2v) is 4.60. The van der Waals surface area contributed by atoms with Crippen LogP contribution < -0.4 is 5.73 Å². The van der Waals surface area contributed by atoms with Crippen LogP contribution in [-0.4, -0.2) is 5.84 Å². The first kappa shape index (κ1) is 11.8. The zero-order chi connectivity index (χ0) is 10.6. The maximum absolute atomic E-state index is 6.01. The molecule has 1 rings (SSSR count). The van der Waals surface area contributed by atoms with Crippen LogP contribution in [0.4, 0.5) is 5.69 Å². The molecule has 0 unspecified atom stereocenters. The van der Waals surface area contributed by atoms with Crippen molar-refractivity contribution in [1.29, 1.82) is 0 Å². The Morgan fingerprint density at radius 3 is 2.86 bits per heavy atom. The zero-order valence-electron chi connectivity index (χ0n) is 7.93. The average molecular weight is 323 g/mol. The Morgan fingerprint density at radius 2 is 2.29 bits per heavy atom. The fourth-order valence-electron chi connectivity index (χ4n) is 1.04. The predicted molar refractivity (Wildman–Crippen MR) is 70.4 cm³/mol. The van der Waals surface area contributed by atoms with Crippen molar-refractivity contribution in [2.45, 2.75) is 19.8 Å². The van der Waals surface area contributed by atoms with Crippen molar-refractivity contribution >= 4 is 45.7 Å². The molecule has 0 aliphatic heterocycles. The lowest BCUT2D eigenvalue weighted by Crippen LogP contribution is -2.09. The number of nitrogens with zero attached hydrogens (tertiary/aromatic N) is 1. The number of hydrogen-bond donors (Lipinski definition) is 1. The number of aliphatic imine (C=N–C) groups is 1. The minimum absolute atomic E-state index is 0.635. The van der Waals surface area contributed by atoms with E-state index in [1.165, 1.54) is 0 Å². The Kier molecular flexibility index (Phi) is 4.68. The van der Waals surface area contributed by atoms with Crippen LogP contribution in [0.1, 0.15) is 19.8 Å². The van der Waals surface area contributed by atoms with Crippen LogP contribution in [0.25, 0.3) is 0 Å². The van der Waals surface area contributed by atoms with Gasteiger partial charge in [-0.3, -0.25) is 0 Å². The second-order valence-electron chi connectivity index (χ2n) is 2.95. The van der Waals surface area contributed by atoms with Crippen molar-refractivity contribution < 1.29 is 0 Å². The van der Waals surface area contributed by atoms with Crippen LogP contribution in [0.5, 0.6) is 0 Å². The smallest absolute Gasteiger partial charge is 0.0996 e. The van der Waals surface area contributed by atoms with Gasteiger partial charge in [0.05, 0.1) is 16.5 Å². The molecule has 0 saturated carbocycles. The lowest BCUT2D eigenvalue weighted by Gasteiger charge is -2.01. The highest BCUT2D eigenvalue weighted by Crippen LogP contribution is 2.26. The summed E-state index contributed by atoms with van der Waals surface area (Å²) >= 11 is 8.21. The normalized spacial score (nSPS) is 11.8. The van der Waals surface area contributed by atoms with Crippen LogP contribution in [0, 0.1) is 3.57 Å². The van der Waals surface area contributed by atoms with Gasteiger partial charge in [-0.25, -0.2) is 4.99 Å². The van der Waals surface area contributed by atoms with E-state index >= 15 is 0 Å². The fourth-order valence-corrected chi connectivity index (χ4v) is 1.94. The molecule has 0 fully saturated rings. The van der Waals surface area contributed by atoms with Gasteiger partial charge in [-0.05, 0) is 47.2 Å². The molecule has 1 aromatic rings. The lowest BCUT2D eigenvalue weighted by atomic mass is 10.3. The molecular weight excluding hydrogens is 310 g/mol. The molecule has 0 aromatic heterocycles. The number of amidine groups is 1. The summed E-state index contributed by atoms with van der Waals surface area (Å²) in [6.45, 7) is 2.07. The molecule has 0 radical (unpaired) electrons. The van der Waals surface area contributed by atoms with Crippen molar-refractivity contribution in [2.75, 3.05) is 0 Å². The Morgan fingerprint density at radius 1 is 1.57 bits per heavy atom. The summed E-state index contributed by atoms with van der Waals surface area (Å²) in [6.07, 6.45) is 1.81. The summed E-state index contributed by atoms with van der Waals surface area (Å²) < 4.78 is 1.10. The Bertz CT molecular complexity index is 350. The van der Waals surface area contributed by atoms with E-state index in [-0.39, 0.29) is 0 Å². The quantitative estimate of drug-likeness (QED) is 0.514. The van der Waals surface area contributed by atoms with Gasteiger partial charge in [0.2, 0.25) is 0 Å². The van der Waals surface area contributed by atoms with Gasteiger partial charge in [-0.1, -0.05) is 18.5 Å². The summed E-state index contributed by atoms with van der Waals surface area (Å²) in [7, 11) is 0. The van der Waals surface area contributed by atoms with Crippen molar-refractivity contribution in [1.82, 2.24) is 0 Å². The second kappa shape index (κ2) is 5.56. The lowest BCUT2D eigenvalue weighted by molar-refractivity contribution is 0.983. The van der Waals surface area contributed by atoms with E-state index < -0.39 is 0 Å². The largest absolute Gasteiger partial charge is 0.387 e. The molecular formula is C10H12ClIN2. The number of rotatable bonds is 3. The van der Waals surface area contributed by atoms with E-state index in [0.717, 1.165) is 22.1 Å². The fraction of sp³-hybridized carbons (Fsp3) is 0.300. The van der Waals surface area contributed by atoms with Crippen molar-refractivity contribution in [2.24, 2.45) is 10.7 Å². The molecule has 14 heavy (non-hydrogen) atoms. The van der Waals surface area contributed by atoms with Gasteiger partial charge in [-0.2, -0.15) is 0 Å². The molecule has 0 bridgehead atoms. The van der Waals surface area contributed by atoms with Gasteiger partial charge in [0, 0.05) is 9.99 Å². The Labute approximate surface area is 103 Å². The van der Waals surface area contributed by atoms with E-state index in [1.807, 2.05) is 18.2 Å². The van der Waals surface area contributed by atoms with E-state index in [0.29, 0.717) is 10.9 Å². The molecule has 0 aliphatic carbocycles. The zero-order valence-corrected chi connectivity index (χ0v) is 10.8. The summed E-state index contributed by atoms with van der Waals surface area (Å²) in [5.41, 5.74) is 6.46. The summed E-state index contributed by atoms with van der Waals surface area (Å²) in [5.74, 6) is 0.635. The maximum Gasteiger partial charge on any atom is 0.0996 e. The van der Waals surface area contributed by atoms with Crippen LogP contribution >= 0.6 is 34.2 Å². The first-order chi connectivity index (χ1) is 6.63. The number of nitrogens with two attached hydrogens (primary N) is 1. The Hall–Kier alpha value is -0.290. The first-order valence-electron chi connectivity index (χ1n) is 4.41. The van der Waals surface area contributed by atoms with E-state index in [4.69, 9.17) is 17.3 Å². The van der Waals surface area contributed by atoms with E-state index in [2.05, 4.69) is 34.5 Å². The molecule has 1 aromatic carbocycles. The van der Waals surface area contributed by atoms with Gasteiger partial charge in [0.25, 0.3) is 0 Å². The van der Waals surface area contributed by atoms with Gasteiger partial charge in [-0.15, -0.1) is 0 Å². The van der Waals surface area contributed by atoms with Gasteiger partial charge >= 0.3 is 0 Å². The highest BCUT2D eigenvalue weighted by atomic mass is 127. The van der Waals surface area contributed by atoms with E-state index in [9.17, 15) is 0 Å². The SMILES string of the molecule is CCCC(N)=Nc1ccc(I)cc1Cl. The Balaban J connectivity index is 2.91. The molecule has 0 spiro atoms. The first-order valence-corrected chi connectivity index (χ1v) is 5.87. The van der Waals surface area contributed by atoms with Crippen LogP contribution in [-0.2, 0) is 0 Å². The van der Waals surface area contributed by atoms with Gasteiger partial charge in [0.1, 0.15) is 0 Å². The molecule has 4 heteroatoms. The van der Waals surface area contributed by atoms with Gasteiger partial charge < -0.3 is 5.73 Å². The average Bonchev–Trinajstić information content (AvgIpc) is 2.10. The highest BCUT2D eigenvalue weighted by Gasteiger charge is 1.99. The predicted octanol–water partition coefficient (Wildman–Crippen LogP) is 3.73. The van der Waals surface area contributed by atoms with Crippen molar-refractivity contribution in [3.63, 3.8) is 0 Å². The summed E-state index contributed by atoms with van der Waals surface area (Å²) in [4.78, 5) is 4.25. The van der Waals surface area contributed by atoms with Crippen LogP contribution in [0.3, 0.4) is 0 Å². The van der Waals surface area contributed by atoms with Crippen molar-refractivity contribution in [3.8, 4) is 0 Å². The van der Waals surface area contributed by atoms with Crippen molar-refractivity contribution in [3.05, 3.63) is 26.8 Å². The standard InChI is InChI=1S/C10H12ClIN2/c1-2-3-10(13)14-9-5-4-7(12)6-8(9)11/h4-6H,2-3H2,1H3,(H2,13,14). The summed E-state index contributed by atoms with van der Waals surface area (Å²) in [5, 5.41) is 0.649. The summed E-state index contributed by atoms with van der Waals surface area (Å²) in [6, 6.07) is 5.72. The third-order valence-electron chi connectivity index (χ3n) is 1.68. The number of halogens is 2. The number of hydrogen-bond acceptors (Lipinski definition) is 1. The van der Waals surface area contributed by atoms with Gasteiger partial charge in [0.15, 0.2) is 0 Å². The van der Waals surface area contributed by atoms with Crippen LogP contribution in [0.15, 0.2) is 23.2 Å². The molecule has 2 nitrogen and oxygen atoms in total. The minimum Gasteiger partial charge on any atom is -0.387 e. The molecule has 76 valence electrons. The maximum atomic E-state index is 6.01. The minimum atomic E-state index is 0.635. The molecule has 0 atom stereocenters. The molecule has 2 N–H and O–H groups in total. The molecule has 0 aliphatic rings. The topological polar surface area (TPSA) is 38.4 Å². The third-order valence-corrected chi connectivity index (χ3v) is 2.65.